The molecule has 0 aromatic heterocycles. The Kier molecular flexibility index (Phi) is 41.6. The topological polar surface area (TPSA) is 166 Å². The highest BCUT2D eigenvalue weighted by atomic mass is 16.6. The maximum Gasteiger partial charge on any atom is 0.338 e. The predicted octanol–water partition coefficient (Wildman–Crippen LogP) is 5.14. The molecule has 0 saturated heterocycles. The maximum atomic E-state index is 12.1. The van der Waals surface area contributed by atoms with E-state index < -0.39 is 0 Å². The van der Waals surface area contributed by atoms with Crippen LogP contribution in [0.2, 0.25) is 0 Å². The first kappa shape index (κ1) is 54.5. The third-order valence-corrected chi connectivity index (χ3v) is 8.14. The summed E-state index contributed by atoms with van der Waals surface area (Å²) in [4.78, 5) is 23.8. The molecule has 16 nitrogen and oxygen atoms in total. The van der Waals surface area contributed by atoms with Crippen LogP contribution in [0.15, 0.2) is 24.3 Å². The molecule has 0 amide bonds. The van der Waals surface area contributed by atoms with Gasteiger partial charge in [-0.3, -0.25) is 4.79 Å². The Morgan fingerprint density at radius 3 is 1.07 bits per heavy atom. The molecular formula is C43H77NO15. The van der Waals surface area contributed by atoms with E-state index in [-0.39, 0.29) is 25.2 Å². The maximum absolute atomic E-state index is 12.1. The van der Waals surface area contributed by atoms with Crippen molar-refractivity contribution in [3.8, 4) is 0 Å². The van der Waals surface area contributed by atoms with Crippen molar-refractivity contribution in [2.45, 2.75) is 65.2 Å². The van der Waals surface area contributed by atoms with Gasteiger partial charge in [0.15, 0.2) is 0 Å². The average Bonchev–Trinajstić information content (AvgIpc) is 3.25. The lowest BCUT2D eigenvalue weighted by Crippen LogP contribution is -2.16. The molecule has 344 valence electrons. The molecule has 1 N–H and O–H groups in total. The molecule has 0 radical (unpaired) electrons. The Balaban J connectivity index is 1.67. The van der Waals surface area contributed by atoms with Crippen molar-refractivity contribution in [3.63, 3.8) is 0 Å². The first-order chi connectivity index (χ1) is 29.2. The quantitative estimate of drug-likeness (QED) is 0.0676. The lowest BCUT2D eigenvalue weighted by molar-refractivity contribution is -0.145. The van der Waals surface area contributed by atoms with Crippen LogP contribution in [0.4, 0.5) is 5.69 Å². The SMILES string of the molecule is CCCCCCCC(=O)OCCOCCOCCOCCOCCOCCOCCOCCOCCOCCOCCOCCOC(=O)c1ccc(NCCCC)cc1. The molecule has 0 spiro atoms. The molecule has 16 heteroatoms. The van der Waals surface area contributed by atoms with E-state index in [2.05, 4.69) is 19.2 Å². The molecule has 0 aliphatic carbocycles. The zero-order valence-corrected chi connectivity index (χ0v) is 36.3. The van der Waals surface area contributed by atoms with Gasteiger partial charge >= 0.3 is 11.9 Å². The van der Waals surface area contributed by atoms with Crippen molar-refractivity contribution in [1.82, 2.24) is 0 Å². The second-order valence-corrected chi connectivity index (χ2v) is 13.1. The van der Waals surface area contributed by atoms with E-state index in [0.717, 1.165) is 37.9 Å². The number of nitrogens with one attached hydrogen (secondary N) is 1. The monoisotopic (exact) mass is 848 g/mol. The molecule has 0 aliphatic heterocycles. The van der Waals surface area contributed by atoms with Gasteiger partial charge in [-0.2, -0.15) is 0 Å². The fourth-order valence-electron chi connectivity index (χ4n) is 4.87. The molecule has 0 bridgehead atoms. The minimum Gasteiger partial charge on any atom is -0.463 e. The van der Waals surface area contributed by atoms with Crippen LogP contribution in [0.3, 0.4) is 0 Å². The average molecular weight is 848 g/mol. The predicted molar refractivity (Wildman–Crippen MR) is 223 cm³/mol. The summed E-state index contributed by atoms with van der Waals surface area (Å²) >= 11 is 0. The van der Waals surface area contributed by atoms with E-state index in [1.165, 1.54) is 19.3 Å². The highest BCUT2D eigenvalue weighted by molar-refractivity contribution is 5.89. The largest absolute Gasteiger partial charge is 0.463 e. The Hall–Kier alpha value is -2.48. The summed E-state index contributed by atoms with van der Waals surface area (Å²) in [7, 11) is 0. The number of hydrogen-bond acceptors (Lipinski definition) is 16. The lowest BCUT2D eigenvalue weighted by Gasteiger charge is -2.09. The minimum atomic E-state index is -0.365. The summed E-state index contributed by atoms with van der Waals surface area (Å²) in [6, 6.07) is 7.28. The first-order valence-electron chi connectivity index (χ1n) is 21.7. The molecule has 1 rings (SSSR count). The van der Waals surface area contributed by atoms with Gasteiger partial charge in [-0.15, -0.1) is 0 Å². The van der Waals surface area contributed by atoms with Gasteiger partial charge < -0.3 is 66.9 Å². The molecule has 0 aliphatic rings. The smallest absolute Gasteiger partial charge is 0.338 e. The van der Waals surface area contributed by atoms with E-state index >= 15 is 0 Å². The van der Waals surface area contributed by atoms with Crippen molar-refractivity contribution < 1.29 is 71.2 Å². The zero-order valence-electron chi connectivity index (χ0n) is 36.3. The minimum absolute atomic E-state index is 0.152. The number of ether oxygens (including phenoxy) is 13. The highest BCUT2D eigenvalue weighted by Gasteiger charge is 2.07. The zero-order chi connectivity index (χ0) is 42.4. The van der Waals surface area contributed by atoms with Crippen LogP contribution in [-0.2, 0) is 66.4 Å². The van der Waals surface area contributed by atoms with E-state index in [9.17, 15) is 9.59 Å². The van der Waals surface area contributed by atoms with Crippen LogP contribution in [0.1, 0.15) is 75.6 Å². The van der Waals surface area contributed by atoms with Crippen molar-refractivity contribution >= 4 is 17.6 Å². The van der Waals surface area contributed by atoms with Crippen molar-refractivity contribution in [2.75, 3.05) is 170 Å². The number of benzene rings is 1. The van der Waals surface area contributed by atoms with Crippen LogP contribution in [0.5, 0.6) is 0 Å². The third-order valence-electron chi connectivity index (χ3n) is 8.14. The van der Waals surface area contributed by atoms with Crippen LogP contribution in [0, 0.1) is 0 Å². The second kappa shape index (κ2) is 45.1. The summed E-state index contributed by atoms with van der Waals surface area (Å²) < 4.78 is 70.7. The van der Waals surface area contributed by atoms with E-state index in [1.54, 1.807) is 12.1 Å². The summed E-state index contributed by atoms with van der Waals surface area (Å²) in [5.74, 6) is -0.516. The third kappa shape index (κ3) is 39.4. The van der Waals surface area contributed by atoms with Gasteiger partial charge in [0.25, 0.3) is 0 Å². The molecule has 0 unspecified atom stereocenters. The number of hydrogen-bond donors (Lipinski definition) is 1. The molecular weight excluding hydrogens is 770 g/mol. The van der Waals surface area contributed by atoms with E-state index in [1.807, 2.05) is 12.1 Å². The Labute approximate surface area is 353 Å². The first-order valence-corrected chi connectivity index (χ1v) is 21.7. The van der Waals surface area contributed by atoms with Gasteiger partial charge in [0.2, 0.25) is 0 Å². The number of anilines is 1. The van der Waals surface area contributed by atoms with Crippen LogP contribution >= 0.6 is 0 Å². The molecule has 0 atom stereocenters. The van der Waals surface area contributed by atoms with Gasteiger partial charge in [0.05, 0.1) is 151 Å². The fourth-order valence-corrected chi connectivity index (χ4v) is 4.87. The van der Waals surface area contributed by atoms with Crippen molar-refractivity contribution in [1.29, 1.82) is 0 Å². The second-order valence-electron chi connectivity index (χ2n) is 13.1. The highest BCUT2D eigenvalue weighted by Crippen LogP contribution is 2.11. The Morgan fingerprint density at radius 1 is 0.390 bits per heavy atom. The van der Waals surface area contributed by atoms with Gasteiger partial charge in [0, 0.05) is 18.7 Å². The Bertz CT molecular complexity index is 1040. The number of unbranched alkanes of at least 4 members (excludes halogenated alkanes) is 5. The van der Waals surface area contributed by atoms with Gasteiger partial charge in [-0.05, 0) is 37.1 Å². The number of esters is 2. The molecule has 0 heterocycles. The Morgan fingerprint density at radius 2 is 0.712 bits per heavy atom. The lowest BCUT2D eigenvalue weighted by atomic mass is 10.1. The number of carbonyl (C=O) groups excluding carboxylic acids is 2. The van der Waals surface area contributed by atoms with E-state index in [0.29, 0.717) is 157 Å². The fraction of sp³-hybridized carbons (Fsp3) is 0.814. The molecule has 0 fully saturated rings. The summed E-state index contributed by atoms with van der Waals surface area (Å²) in [5.41, 5.74) is 1.51. The van der Waals surface area contributed by atoms with E-state index in [4.69, 9.17) is 61.6 Å². The summed E-state index contributed by atoms with van der Waals surface area (Å²) in [6.45, 7) is 15.8. The summed E-state index contributed by atoms with van der Waals surface area (Å²) in [5, 5.41) is 3.32. The molecule has 0 saturated carbocycles. The molecule has 1 aromatic rings. The standard InChI is InChI=1S/C43H77NO15/c1-3-5-7-8-9-10-42(45)58-38-36-56-34-32-54-30-28-52-26-24-50-22-20-48-18-16-47-17-19-49-21-23-51-25-27-53-29-31-55-33-35-57-37-39-59-43(46)40-11-13-41(14-12-40)44-15-6-4-2/h11-14,44H,3-10,15-39H2,1-2H3. The van der Waals surface area contributed by atoms with Crippen LogP contribution in [0.25, 0.3) is 0 Å². The van der Waals surface area contributed by atoms with Gasteiger partial charge in [-0.25, -0.2) is 4.79 Å². The number of carbonyl (C=O) groups is 2. The molecule has 1 aromatic carbocycles. The van der Waals surface area contributed by atoms with Crippen molar-refractivity contribution in [2.24, 2.45) is 0 Å². The van der Waals surface area contributed by atoms with Crippen LogP contribution in [-0.4, -0.2) is 177 Å². The van der Waals surface area contributed by atoms with Gasteiger partial charge in [-0.1, -0.05) is 46.0 Å². The van der Waals surface area contributed by atoms with Crippen LogP contribution < -0.4 is 5.32 Å². The summed E-state index contributed by atoms with van der Waals surface area (Å²) in [6.07, 6.45) is 8.28. The number of rotatable bonds is 47. The van der Waals surface area contributed by atoms with Crippen molar-refractivity contribution in [3.05, 3.63) is 29.8 Å². The molecule has 59 heavy (non-hydrogen) atoms. The van der Waals surface area contributed by atoms with Gasteiger partial charge in [0.1, 0.15) is 13.2 Å². The normalized spacial score (nSPS) is 11.3.